The van der Waals surface area contributed by atoms with Crippen molar-refractivity contribution in [1.29, 1.82) is 0 Å². The molecular formula is C44H40O4. The fourth-order valence-electron chi connectivity index (χ4n) is 7.94. The highest BCUT2D eigenvalue weighted by Crippen LogP contribution is 2.53. The summed E-state index contributed by atoms with van der Waals surface area (Å²) in [6.07, 6.45) is 2.68. The van der Waals surface area contributed by atoms with Crippen molar-refractivity contribution in [3.63, 3.8) is 0 Å². The summed E-state index contributed by atoms with van der Waals surface area (Å²) in [5, 5.41) is 4.83. The fourth-order valence-corrected chi connectivity index (χ4v) is 7.94. The monoisotopic (exact) mass is 632 g/mol. The number of rotatable bonds is 2. The molecule has 6 aromatic rings. The van der Waals surface area contributed by atoms with Gasteiger partial charge < -0.3 is 18.9 Å². The summed E-state index contributed by atoms with van der Waals surface area (Å²) >= 11 is 0. The average molecular weight is 633 g/mol. The highest BCUT2D eigenvalue weighted by Gasteiger charge is 2.48. The predicted molar refractivity (Wildman–Crippen MR) is 193 cm³/mol. The maximum atomic E-state index is 6.78. The van der Waals surface area contributed by atoms with E-state index < -0.39 is 5.79 Å². The van der Waals surface area contributed by atoms with Crippen LogP contribution in [0.4, 0.5) is 0 Å². The molecule has 48 heavy (non-hydrogen) atoms. The van der Waals surface area contributed by atoms with Gasteiger partial charge in [0.2, 0.25) is 5.79 Å². The normalized spacial score (nSPS) is 17.6. The van der Waals surface area contributed by atoms with E-state index in [0.717, 1.165) is 58.4 Å². The van der Waals surface area contributed by atoms with Crippen LogP contribution in [0.25, 0.3) is 43.8 Å². The van der Waals surface area contributed by atoms with Crippen LogP contribution in [-0.2, 0) is 21.7 Å². The average Bonchev–Trinajstić information content (AvgIpc) is 3.14. The van der Waals surface area contributed by atoms with Gasteiger partial charge in [-0.3, -0.25) is 0 Å². The van der Waals surface area contributed by atoms with E-state index >= 15 is 0 Å². The molecule has 2 heterocycles. The van der Waals surface area contributed by atoms with Gasteiger partial charge in [-0.15, -0.1) is 0 Å². The topological polar surface area (TPSA) is 36.9 Å². The van der Waals surface area contributed by atoms with E-state index in [9.17, 15) is 0 Å². The lowest BCUT2D eigenvalue weighted by Crippen LogP contribution is -2.47. The predicted octanol–water partition coefficient (Wildman–Crippen LogP) is 10.4. The van der Waals surface area contributed by atoms with Crippen LogP contribution >= 0.6 is 0 Å². The number of fused-ring (bicyclic) bond motifs is 6. The van der Waals surface area contributed by atoms with Gasteiger partial charge in [-0.05, 0) is 93.9 Å². The maximum absolute atomic E-state index is 6.78. The lowest BCUT2D eigenvalue weighted by atomic mass is 9.77. The van der Waals surface area contributed by atoms with Crippen LogP contribution in [0, 0.1) is 12.3 Å². The quantitative estimate of drug-likeness (QED) is 0.190. The third kappa shape index (κ3) is 4.65. The zero-order valence-electron chi connectivity index (χ0n) is 27.9. The van der Waals surface area contributed by atoms with Crippen molar-refractivity contribution in [2.24, 2.45) is 5.41 Å². The summed E-state index contributed by atoms with van der Waals surface area (Å²) in [5.74, 6) is 0.947. The van der Waals surface area contributed by atoms with Gasteiger partial charge >= 0.3 is 0 Å². The highest BCUT2D eigenvalue weighted by molar-refractivity contribution is 6.05. The molecule has 2 aliphatic heterocycles. The molecule has 1 spiro atoms. The molecule has 240 valence electrons. The van der Waals surface area contributed by atoms with E-state index in [-0.39, 0.29) is 5.41 Å². The zero-order chi connectivity index (χ0) is 32.5. The molecule has 0 amide bonds. The molecule has 6 aromatic carbocycles. The molecule has 4 nitrogen and oxygen atoms in total. The summed E-state index contributed by atoms with van der Waals surface area (Å²) in [5.41, 5.74) is 10.6. The summed E-state index contributed by atoms with van der Waals surface area (Å²) in [7, 11) is 0. The van der Waals surface area contributed by atoms with Crippen LogP contribution in [0.1, 0.15) is 54.5 Å². The highest BCUT2D eigenvalue weighted by atomic mass is 16.7. The van der Waals surface area contributed by atoms with Gasteiger partial charge in [-0.1, -0.05) is 98.8 Å². The largest absolute Gasteiger partial charge is 0.493 e. The van der Waals surface area contributed by atoms with Crippen LogP contribution in [0.2, 0.25) is 0 Å². The molecule has 1 saturated heterocycles. The van der Waals surface area contributed by atoms with E-state index in [0.29, 0.717) is 26.4 Å². The molecule has 0 N–H and O–H groups in total. The van der Waals surface area contributed by atoms with Crippen LogP contribution in [-0.4, -0.2) is 26.4 Å². The van der Waals surface area contributed by atoms with Crippen LogP contribution in [0.5, 0.6) is 11.5 Å². The number of benzene rings is 6. The van der Waals surface area contributed by atoms with E-state index in [1.165, 1.54) is 44.0 Å². The smallest absolute Gasteiger partial charge is 0.223 e. The van der Waals surface area contributed by atoms with E-state index in [2.05, 4.69) is 124 Å². The summed E-state index contributed by atoms with van der Waals surface area (Å²) in [6.45, 7) is 9.18. The molecule has 0 aromatic heterocycles. The molecule has 0 unspecified atom stereocenters. The zero-order valence-corrected chi connectivity index (χ0v) is 27.9. The number of aryl methyl sites for hydroxylation is 1. The molecule has 1 aliphatic carbocycles. The van der Waals surface area contributed by atoms with Crippen LogP contribution < -0.4 is 9.47 Å². The molecule has 0 bridgehead atoms. The Balaban J connectivity index is 1.19. The number of hydrogen-bond donors (Lipinski definition) is 0. The molecular weight excluding hydrogens is 592 g/mol. The lowest BCUT2D eigenvalue weighted by molar-refractivity contribution is -0.283. The van der Waals surface area contributed by atoms with Gasteiger partial charge in [0, 0.05) is 27.5 Å². The molecule has 4 heteroatoms. The minimum absolute atomic E-state index is 0.0444. The standard InChI is InChI=1S/C44H40O4/c1-28-16-20-40-42-31(28)11-8-14-35(42)36-25-29(17-21-39(36)45-22-6-7-23-46-40)24-30-18-19-38-41-32(30)12-9-13-34(41)33-10-4-5-15-37(33)44(38)47-26-43(2,3)27-48-44/h4-5,8-21,25H,6-7,22-24,26-27H2,1-3H3. The maximum Gasteiger partial charge on any atom is 0.223 e. The van der Waals surface area contributed by atoms with Crippen molar-refractivity contribution in [3.05, 3.63) is 131 Å². The van der Waals surface area contributed by atoms with Crippen LogP contribution in [0.3, 0.4) is 0 Å². The Morgan fingerprint density at radius 1 is 0.583 bits per heavy atom. The summed E-state index contributed by atoms with van der Waals surface area (Å²) < 4.78 is 26.4. The Kier molecular flexibility index (Phi) is 6.90. The van der Waals surface area contributed by atoms with Crippen molar-refractivity contribution >= 4 is 21.5 Å². The second kappa shape index (κ2) is 11.2. The van der Waals surface area contributed by atoms with E-state index in [1.54, 1.807) is 0 Å². The third-order valence-corrected chi connectivity index (χ3v) is 10.4. The third-order valence-electron chi connectivity index (χ3n) is 10.4. The number of ether oxygens (including phenoxy) is 4. The first kappa shape index (κ1) is 29.5. The van der Waals surface area contributed by atoms with Crippen molar-refractivity contribution in [2.75, 3.05) is 26.4 Å². The molecule has 0 saturated carbocycles. The van der Waals surface area contributed by atoms with Crippen molar-refractivity contribution < 1.29 is 18.9 Å². The second-order valence-electron chi connectivity index (χ2n) is 14.4. The van der Waals surface area contributed by atoms with Crippen molar-refractivity contribution in [2.45, 2.75) is 45.8 Å². The first-order valence-electron chi connectivity index (χ1n) is 17.3. The van der Waals surface area contributed by atoms with Gasteiger partial charge in [0.05, 0.1) is 26.4 Å². The van der Waals surface area contributed by atoms with Gasteiger partial charge in [-0.25, -0.2) is 0 Å². The van der Waals surface area contributed by atoms with Crippen LogP contribution in [0.15, 0.2) is 103 Å². The Labute approximate surface area is 282 Å². The van der Waals surface area contributed by atoms with E-state index in [1.807, 2.05) is 0 Å². The van der Waals surface area contributed by atoms with Gasteiger partial charge in [-0.2, -0.15) is 0 Å². The van der Waals surface area contributed by atoms with Crippen molar-refractivity contribution in [3.8, 4) is 33.8 Å². The van der Waals surface area contributed by atoms with Crippen molar-refractivity contribution in [1.82, 2.24) is 0 Å². The van der Waals surface area contributed by atoms with Gasteiger partial charge in [0.1, 0.15) is 11.5 Å². The molecule has 3 aliphatic rings. The Morgan fingerprint density at radius 3 is 2.08 bits per heavy atom. The Hall–Kier alpha value is -4.64. The fraction of sp³-hybridized carbons (Fsp3) is 0.273. The Morgan fingerprint density at radius 2 is 1.27 bits per heavy atom. The van der Waals surface area contributed by atoms with E-state index in [4.69, 9.17) is 18.9 Å². The SMILES string of the molecule is Cc1ccc2c3c(cccc13)-c1cc(Cc3ccc4c5c(cccc35)-c3ccccc3C43OCC(C)(C)CO3)ccc1OCCCCO2. The molecule has 1 fully saturated rings. The molecule has 9 rings (SSSR count). The van der Waals surface area contributed by atoms with Gasteiger partial charge in [0.15, 0.2) is 0 Å². The lowest BCUT2D eigenvalue weighted by Gasteiger charge is -2.46. The second-order valence-corrected chi connectivity index (χ2v) is 14.4. The summed E-state index contributed by atoms with van der Waals surface area (Å²) in [6, 6.07) is 37.4. The minimum atomic E-state index is -0.917. The number of hydrogen-bond acceptors (Lipinski definition) is 4. The molecule has 0 atom stereocenters. The first-order chi connectivity index (χ1) is 23.4. The molecule has 0 radical (unpaired) electrons. The van der Waals surface area contributed by atoms with Gasteiger partial charge in [0.25, 0.3) is 0 Å². The minimum Gasteiger partial charge on any atom is -0.493 e. The first-order valence-corrected chi connectivity index (χ1v) is 17.3. The Bertz CT molecular complexity index is 2220. The summed E-state index contributed by atoms with van der Waals surface area (Å²) in [4.78, 5) is 0.